The van der Waals surface area contributed by atoms with Crippen LogP contribution in [0.5, 0.6) is 5.75 Å². The number of carbonyl (C=O) groups is 1. The Hall–Kier alpha value is -1.59. The number of ether oxygens (including phenoxy) is 2. The lowest BCUT2D eigenvalue weighted by atomic mass is 10.2. The first kappa shape index (κ1) is 13.8. The number of amides is 1. The van der Waals surface area contributed by atoms with Crippen LogP contribution in [0.1, 0.15) is 29.6 Å². The molecule has 1 saturated carbocycles. The summed E-state index contributed by atoms with van der Waals surface area (Å²) in [7, 11) is 0. The van der Waals surface area contributed by atoms with Gasteiger partial charge in [-0.3, -0.25) is 10.2 Å². The molecule has 104 valence electrons. The maximum Gasteiger partial charge on any atom is 0.268 e. The van der Waals surface area contributed by atoms with Gasteiger partial charge in [-0.2, -0.15) is 0 Å². The Balaban J connectivity index is 1.70. The maximum absolute atomic E-state index is 11.5. The lowest BCUT2D eigenvalue weighted by molar-refractivity contribution is 0.0908. The van der Waals surface area contributed by atoms with Gasteiger partial charge in [-0.1, -0.05) is 25.0 Å². The summed E-state index contributed by atoms with van der Waals surface area (Å²) in [6.45, 7) is 1.75. The number of carbonyl (C=O) groups excluding carboxylic acids is 1. The molecule has 5 heteroatoms. The zero-order chi connectivity index (χ0) is 13.5. The normalized spacial score (nSPS) is 14.2. The van der Waals surface area contributed by atoms with Crippen LogP contribution >= 0.6 is 0 Å². The molecule has 0 spiro atoms. The third kappa shape index (κ3) is 4.54. The Bertz CT molecular complexity index is 419. The number of nitrogen functional groups attached to an aromatic ring is 1. The monoisotopic (exact) mass is 264 g/mol. The Morgan fingerprint density at radius 3 is 2.79 bits per heavy atom. The first-order chi connectivity index (χ1) is 9.31. The molecule has 0 bridgehead atoms. The zero-order valence-corrected chi connectivity index (χ0v) is 10.9. The Kier molecular flexibility index (Phi) is 5.18. The van der Waals surface area contributed by atoms with Crippen molar-refractivity contribution in [2.75, 3.05) is 19.8 Å². The van der Waals surface area contributed by atoms with E-state index in [0.29, 0.717) is 24.5 Å². The van der Waals surface area contributed by atoms with E-state index >= 15 is 0 Å². The van der Waals surface area contributed by atoms with Crippen molar-refractivity contribution in [3.8, 4) is 5.75 Å². The number of benzene rings is 1. The van der Waals surface area contributed by atoms with Crippen molar-refractivity contribution < 1.29 is 14.3 Å². The van der Waals surface area contributed by atoms with Crippen molar-refractivity contribution in [1.29, 1.82) is 0 Å². The van der Waals surface area contributed by atoms with E-state index in [2.05, 4.69) is 5.43 Å². The summed E-state index contributed by atoms with van der Waals surface area (Å²) in [6, 6.07) is 7.00. The molecule has 1 aromatic carbocycles. The molecule has 1 aromatic rings. The summed E-state index contributed by atoms with van der Waals surface area (Å²) in [4.78, 5) is 11.5. The molecule has 19 heavy (non-hydrogen) atoms. The number of hydrazine groups is 1. The van der Waals surface area contributed by atoms with E-state index in [1.54, 1.807) is 18.2 Å². The summed E-state index contributed by atoms with van der Waals surface area (Å²) in [6.07, 6.45) is 3.84. The van der Waals surface area contributed by atoms with Gasteiger partial charge < -0.3 is 9.47 Å². The predicted octanol–water partition coefficient (Wildman–Crippen LogP) is 1.49. The van der Waals surface area contributed by atoms with Gasteiger partial charge in [0, 0.05) is 6.61 Å². The molecule has 1 amide bonds. The van der Waals surface area contributed by atoms with Crippen LogP contribution in [-0.4, -0.2) is 25.7 Å². The highest BCUT2D eigenvalue weighted by Crippen LogP contribution is 2.32. The lowest BCUT2D eigenvalue weighted by Gasteiger charge is -2.10. The average molecular weight is 264 g/mol. The second kappa shape index (κ2) is 7.11. The topological polar surface area (TPSA) is 73.6 Å². The highest BCUT2D eigenvalue weighted by molar-refractivity contribution is 5.96. The summed E-state index contributed by atoms with van der Waals surface area (Å²) >= 11 is 0. The summed E-state index contributed by atoms with van der Waals surface area (Å²) in [5, 5.41) is 0. The molecule has 0 unspecified atom stereocenters. The highest BCUT2D eigenvalue weighted by Gasteiger charge is 2.20. The van der Waals surface area contributed by atoms with Crippen molar-refractivity contribution >= 4 is 5.91 Å². The molecule has 5 nitrogen and oxygen atoms in total. The Labute approximate surface area is 113 Å². The minimum Gasteiger partial charge on any atom is -0.490 e. The van der Waals surface area contributed by atoms with Gasteiger partial charge in [-0.05, 0) is 24.5 Å². The van der Waals surface area contributed by atoms with E-state index in [9.17, 15) is 4.79 Å². The molecule has 0 aromatic heterocycles. The quantitative estimate of drug-likeness (QED) is 0.323. The third-order valence-electron chi connectivity index (χ3n) is 3.12. The van der Waals surface area contributed by atoms with Gasteiger partial charge in [0.25, 0.3) is 5.91 Å². The lowest BCUT2D eigenvalue weighted by Crippen LogP contribution is -2.30. The Morgan fingerprint density at radius 2 is 2.05 bits per heavy atom. The molecule has 1 fully saturated rings. The van der Waals surface area contributed by atoms with E-state index in [4.69, 9.17) is 15.3 Å². The van der Waals surface area contributed by atoms with Gasteiger partial charge in [-0.25, -0.2) is 5.84 Å². The van der Waals surface area contributed by atoms with Crippen molar-refractivity contribution in [2.24, 2.45) is 11.8 Å². The molecule has 0 atom stereocenters. The van der Waals surface area contributed by atoms with Crippen LogP contribution in [0, 0.1) is 5.92 Å². The number of rotatable bonds is 8. The first-order valence-corrected chi connectivity index (χ1v) is 6.62. The summed E-state index contributed by atoms with van der Waals surface area (Å²) in [5.41, 5.74) is 2.53. The molecular formula is C14H20N2O3. The van der Waals surface area contributed by atoms with Crippen molar-refractivity contribution in [2.45, 2.75) is 19.3 Å². The molecule has 0 radical (unpaired) electrons. The maximum atomic E-state index is 11.5. The van der Waals surface area contributed by atoms with Crippen LogP contribution in [0.15, 0.2) is 24.3 Å². The standard InChI is InChI=1S/C14H20N2O3/c15-16-14(17)12-3-1-2-4-13(12)19-10-9-18-8-7-11-5-6-11/h1-4,11H,5-10,15H2,(H,16,17). The molecular weight excluding hydrogens is 244 g/mol. The fraction of sp³-hybridized carbons (Fsp3) is 0.500. The fourth-order valence-corrected chi connectivity index (χ4v) is 1.83. The first-order valence-electron chi connectivity index (χ1n) is 6.62. The van der Waals surface area contributed by atoms with Gasteiger partial charge in [0.15, 0.2) is 0 Å². The SMILES string of the molecule is NNC(=O)c1ccccc1OCCOCCC1CC1. The average Bonchev–Trinajstić information content (AvgIpc) is 3.26. The zero-order valence-electron chi connectivity index (χ0n) is 10.9. The highest BCUT2D eigenvalue weighted by atomic mass is 16.5. The van der Waals surface area contributed by atoms with Crippen LogP contribution in [0.2, 0.25) is 0 Å². The van der Waals surface area contributed by atoms with Crippen molar-refractivity contribution in [1.82, 2.24) is 5.43 Å². The van der Waals surface area contributed by atoms with Gasteiger partial charge in [0.1, 0.15) is 12.4 Å². The minimum absolute atomic E-state index is 0.356. The van der Waals surface area contributed by atoms with E-state index in [-0.39, 0.29) is 5.91 Å². The van der Waals surface area contributed by atoms with Crippen LogP contribution < -0.4 is 16.0 Å². The van der Waals surface area contributed by atoms with Gasteiger partial charge in [0.05, 0.1) is 12.2 Å². The molecule has 3 N–H and O–H groups in total. The largest absolute Gasteiger partial charge is 0.490 e. The number of hydrogen-bond donors (Lipinski definition) is 2. The third-order valence-corrected chi connectivity index (χ3v) is 3.12. The minimum atomic E-state index is -0.356. The van der Waals surface area contributed by atoms with Crippen molar-refractivity contribution in [3.05, 3.63) is 29.8 Å². The van der Waals surface area contributed by atoms with Crippen LogP contribution in [0.25, 0.3) is 0 Å². The number of nitrogens with two attached hydrogens (primary N) is 1. The smallest absolute Gasteiger partial charge is 0.268 e. The molecule has 0 aliphatic heterocycles. The Morgan fingerprint density at radius 1 is 1.26 bits per heavy atom. The van der Waals surface area contributed by atoms with Gasteiger partial charge in [-0.15, -0.1) is 0 Å². The van der Waals surface area contributed by atoms with E-state index in [0.717, 1.165) is 18.9 Å². The van der Waals surface area contributed by atoms with E-state index in [1.807, 2.05) is 6.07 Å². The predicted molar refractivity (Wildman–Crippen MR) is 71.8 cm³/mol. The number of hydrogen-bond acceptors (Lipinski definition) is 4. The fourth-order valence-electron chi connectivity index (χ4n) is 1.83. The molecule has 0 heterocycles. The van der Waals surface area contributed by atoms with Crippen LogP contribution in [0.3, 0.4) is 0 Å². The number of nitrogens with one attached hydrogen (secondary N) is 1. The van der Waals surface area contributed by atoms with Crippen molar-refractivity contribution in [3.63, 3.8) is 0 Å². The number of para-hydroxylation sites is 1. The molecule has 1 aliphatic carbocycles. The van der Waals surface area contributed by atoms with E-state index in [1.165, 1.54) is 12.8 Å². The van der Waals surface area contributed by atoms with Crippen LogP contribution in [0.4, 0.5) is 0 Å². The van der Waals surface area contributed by atoms with Gasteiger partial charge >= 0.3 is 0 Å². The molecule has 2 rings (SSSR count). The summed E-state index contributed by atoms with van der Waals surface area (Å²) < 4.78 is 11.0. The second-order valence-corrected chi connectivity index (χ2v) is 4.66. The molecule has 1 aliphatic rings. The summed E-state index contributed by atoms with van der Waals surface area (Å²) in [5.74, 6) is 6.17. The van der Waals surface area contributed by atoms with Gasteiger partial charge in [0.2, 0.25) is 0 Å². The van der Waals surface area contributed by atoms with Crippen LogP contribution in [-0.2, 0) is 4.74 Å². The second-order valence-electron chi connectivity index (χ2n) is 4.66. The molecule has 0 saturated heterocycles. The van der Waals surface area contributed by atoms with E-state index < -0.39 is 0 Å².